The van der Waals surface area contributed by atoms with Crippen LogP contribution in [0.3, 0.4) is 0 Å². The predicted molar refractivity (Wildman–Crippen MR) is 139 cm³/mol. The van der Waals surface area contributed by atoms with Crippen LogP contribution in [0.15, 0.2) is 78.9 Å². The number of hydrogen-bond donors (Lipinski definition) is 2. The molecule has 186 valence electrons. The maximum Gasteiger partial charge on any atom is 0.330 e. The molecule has 2 atom stereocenters. The summed E-state index contributed by atoms with van der Waals surface area (Å²) in [7, 11) is 1.97. The minimum absolute atomic E-state index is 0.0272. The second-order valence-electron chi connectivity index (χ2n) is 9.47. The molecule has 8 heteroatoms. The van der Waals surface area contributed by atoms with Gasteiger partial charge >= 0.3 is 5.97 Å². The van der Waals surface area contributed by atoms with Crippen LogP contribution in [0.2, 0.25) is 0 Å². The lowest BCUT2D eigenvalue weighted by atomic mass is 9.96. The Balaban J connectivity index is 1.42. The van der Waals surface area contributed by atoms with Gasteiger partial charge in [0.05, 0.1) is 16.9 Å². The number of carbonyl (C=O) groups excluding carboxylic acids is 2. The highest BCUT2D eigenvalue weighted by atomic mass is 16.4. The van der Waals surface area contributed by atoms with Crippen molar-refractivity contribution in [3.8, 4) is 0 Å². The summed E-state index contributed by atoms with van der Waals surface area (Å²) in [5, 5.41) is 13.5. The molecular weight excluding hydrogens is 468 g/mol. The summed E-state index contributed by atoms with van der Waals surface area (Å²) in [6, 6.07) is 23.0. The Morgan fingerprint density at radius 3 is 2.49 bits per heavy atom. The van der Waals surface area contributed by atoms with Crippen molar-refractivity contribution < 1.29 is 19.5 Å². The Morgan fingerprint density at radius 1 is 1.00 bits per heavy atom. The Kier molecular flexibility index (Phi) is 5.44. The lowest BCUT2D eigenvalue weighted by Crippen LogP contribution is -2.51. The zero-order chi connectivity index (χ0) is 25.7. The first-order valence-corrected chi connectivity index (χ1v) is 12.3. The van der Waals surface area contributed by atoms with E-state index in [0.29, 0.717) is 24.1 Å². The number of anilines is 1. The number of nitrogens with zero attached hydrogens (tertiary/aromatic N) is 3. The number of carboxylic acids is 1. The van der Waals surface area contributed by atoms with Crippen LogP contribution in [0.4, 0.5) is 5.69 Å². The first-order chi connectivity index (χ1) is 18.0. The third kappa shape index (κ3) is 3.64. The van der Waals surface area contributed by atoms with Crippen molar-refractivity contribution in [2.24, 2.45) is 0 Å². The van der Waals surface area contributed by atoms with E-state index in [4.69, 9.17) is 0 Å². The maximum absolute atomic E-state index is 13.5. The molecule has 2 aliphatic rings. The van der Waals surface area contributed by atoms with E-state index in [0.717, 1.165) is 27.8 Å². The van der Waals surface area contributed by atoms with Gasteiger partial charge in [-0.3, -0.25) is 9.59 Å². The lowest BCUT2D eigenvalue weighted by Gasteiger charge is -2.46. The van der Waals surface area contributed by atoms with E-state index >= 15 is 0 Å². The van der Waals surface area contributed by atoms with Gasteiger partial charge in [-0.25, -0.2) is 4.79 Å². The molecule has 2 N–H and O–H groups in total. The number of benzene rings is 3. The molecule has 0 saturated carbocycles. The quantitative estimate of drug-likeness (QED) is 0.441. The molecule has 3 heterocycles. The topological polar surface area (TPSA) is 94.9 Å². The standard InChI is InChI=1S/C29H26N4O4/c1-31-22-13-7-6-12-21(22)28(35)32-16-15-20-19-11-5-8-14-23(19)33(26(20)27(31)32)17-24(34)30-25(29(36)37)18-9-3-2-4-10-18/h2-14,25,27H,15-17H2,1H3,(H,30,34)(H,36,37)/t25-,27-/m1/s1. The average Bonchev–Trinajstić information content (AvgIpc) is 3.24. The molecule has 2 amide bonds. The van der Waals surface area contributed by atoms with E-state index in [1.165, 1.54) is 0 Å². The van der Waals surface area contributed by atoms with Crippen LogP contribution in [0.25, 0.3) is 10.9 Å². The number of nitrogens with one attached hydrogen (secondary N) is 1. The van der Waals surface area contributed by atoms with Gasteiger partial charge in [-0.05, 0) is 35.7 Å². The van der Waals surface area contributed by atoms with Crippen molar-refractivity contribution in [1.29, 1.82) is 0 Å². The third-order valence-electron chi connectivity index (χ3n) is 7.39. The number of para-hydroxylation sites is 2. The highest BCUT2D eigenvalue weighted by Crippen LogP contribution is 2.44. The highest BCUT2D eigenvalue weighted by molar-refractivity contribution is 6.02. The largest absolute Gasteiger partial charge is 0.479 e. The van der Waals surface area contributed by atoms with Crippen molar-refractivity contribution in [2.45, 2.75) is 25.2 Å². The zero-order valence-corrected chi connectivity index (χ0v) is 20.3. The van der Waals surface area contributed by atoms with E-state index in [-0.39, 0.29) is 18.6 Å². The first kappa shape index (κ1) is 22.8. The summed E-state index contributed by atoms with van der Waals surface area (Å²) in [4.78, 5) is 42.8. The third-order valence-corrected chi connectivity index (χ3v) is 7.39. The van der Waals surface area contributed by atoms with Crippen molar-refractivity contribution >= 4 is 34.4 Å². The van der Waals surface area contributed by atoms with Crippen LogP contribution in [0.1, 0.15) is 39.4 Å². The van der Waals surface area contributed by atoms with E-state index in [2.05, 4.69) is 10.2 Å². The zero-order valence-electron chi connectivity index (χ0n) is 20.3. The highest BCUT2D eigenvalue weighted by Gasteiger charge is 2.42. The molecule has 0 spiro atoms. The Labute approximate surface area is 213 Å². The summed E-state index contributed by atoms with van der Waals surface area (Å²) in [5.41, 5.74) is 4.90. The molecule has 1 aromatic heterocycles. The first-order valence-electron chi connectivity index (χ1n) is 12.3. The van der Waals surface area contributed by atoms with Gasteiger partial charge in [0.25, 0.3) is 5.91 Å². The summed E-state index contributed by atoms with van der Waals surface area (Å²) < 4.78 is 1.94. The van der Waals surface area contributed by atoms with Crippen molar-refractivity contribution in [1.82, 2.24) is 14.8 Å². The van der Waals surface area contributed by atoms with E-state index in [1.54, 1.807) is 30.3 Å². The molecule has 3 aromatic carbocycles. The average molecular weight is 495 g/mol. The Morgan fingerprint density at radius 2 is 1.70 bits per heavy atom. The van der Waals surface area contributed by atoms with Gasteiger partial charge < -0.3 is 24.8 Å². The minimum Gasteiger partial charge on any atom is -0.479 e. The molecule has 8 nitrogen and oxygen atoms in total. The van der Waals surface area contributed by atoms with Crippen LogP contribution in [-0.4, -0.2) is 45.9 Å². The summed E-state index contributed by atoms with van der Waals surface area (Å²) in [6.45, 7) is 0.505. The molecule has 4 aromatic rings. The van der Waals surface area contributed by atoms with E-state index in [9.17, 15) is 19.5 Å². The molecule has 0 radical (unpaired) electrons. The van der Waals surface area contributed by atoms with Gasteiger partial charge in [0, 0.05) is 24.5 Å². The summed E-state index contributed by atoms with van der Waals surface area (Å²) in [5.74, 6) is -1.57. The second kappa shape index (κ2) is 8.81. The number of aliphatic carboxylic acids is 1. The van der Waals surface area contributed by atoms with Crippen LogP contribution in [-0.2, 0) is 22.6 Å². The van der Waals surface area contributed by atoms with Crippen molar-refractivity contribution in [3.63, 3.8) is 0 Å². The van der Waals surface area contributed by atoms with Gasteiger partial charge in [0.1, 0.15) is 12.7 Å². The number of hydrogen-bond acceptors (Lipinski definition) is 4. The normalized spacial score (nSPS) is 17.1. The monoisotopic (exact) mass is 494 g/mol. The fourth-order valence-corrected chi connectivity index (χ4v) is 5.76. The number of amides is 2. The molecule has 6 rings (SSSR count). The summed E-state index contributed by atoms with van der Waals surface area (Å²) in [6.07, 6.45) is 0.292. The van der Waals surface area contributed by atoms with Crippen LogP contribution in [0, 0.1) is 0 Å². The number of fused-ring (bicyclic) bond motifs is 6. The Bertz CT molecular complexity index is 1540. The van der Waals surface area contributed by atoms with Crippen molar-refractivity contribution in [3.05, 3.63) is 101 Å². The molecule has 0 bridgehead atoms. The van der Waals surface area contributed by atoms with Crippen molar-refractivity contribution in [2.75, 3.05) is 18.5 Å². The SMILES string of the molecule is CN1c2ccccc2C(=O)N2CCc3c(n(CC(=O)N[C@@H](C(=O)O)c4ccccc4)c4ccccc34)[C@@H]21. The number of carboxylic acid groups (broad SMARTS) is 1. The summed E-state index contributed by atoms with van der Waals surface area (Å²) >= 11 is 0. The van der Waals surface area contributed by atoms with E-state index in [1.807, 2.05) is 65.0 Å². The molecule has 37 heavy (non-hydrogen) atoms. The van der Waals surface area contributed by atoms with E-state index < -0.39 is 17.9 Å². The smallest absolute Gasteiger partial charge is 0.330 e. The number of aromatic nitrogens is 1. The van der Waals surface area contributed by atoms with Gasteiger partial charge in [-0.1, -0.05) is 60.7 Å². The van der Waals surface area contributed by atoms with Crippen LogP contribution in [0.5, 0.6) is 0 Å². The molecular formula is C29H26N4O4. The van der Waals surface area contributed by atoms with Crippen LogP contribution >= 0.6 is 0 Å². The predicted octanol–water partition coefficient (Wildman–Crippen LogP) is 3.73. The Hall–Kier alpha value is -4.59. The lowest BCUT2D eigenvalue weighted by molar-refractivity contribution is -0.142. The van der Waals surface area contributed by atoms with Gasteiger partial charge in [-0.15, -0.1) is 0 Å². The number of rotatable bonds is 5. The van der Waals surface area contributed by atoms with Crippen LogP contribution < -0.4 is 10.2 Å². The maximum atomic E-state index is 13.5. The molecule has 0 aliphatic carbocycles. The molecule has 2 aliphatic heterocycles. The molecule has 0 saturated heterocycles. The van der Waals surface area contributed by atoms with Gasteiger partial charge in [-0.2, -0.15) is 0 Å². The fourth-order valence-electron chi connectivity index (χ4n) is 5.76. The fraction of sp³-hybridized carbons (Fsp3) is 0.207. The molecule has 0 fully saturated rings. The molecule has 0 unspecified atom stereocenters. The van der Waals surface area contributed by atoms with Gasteiger partial charge in [0.15, 0.2) is 6.04 Å². The number of carbonyl (C=O) groups is 3. The van der Waals surface area contributed by atoms with Gasteiger partial charge in [0.2, 0.25) is 5.91 Å². The minimum atomic E-state index is -1.16. The second-order valence-corrected chi connectivity index (χ2v) is 9.47.